The van der Waals surface area contributed by atoms with Gasteiger partial charge in [-0.05, 0) is 38.3 Å². The maximum atomic E-state index is 13.4. The van der Waals surface area contributed by atoms with E-state index in [0.29, 0.717) is 26.2 Å². The summed E-state index contributed by atoms with van der Waals surface area (Å²) in [6.45, 7) is 9.72. The lowest BCUT2D eigenvalue weighted by molar-refractivity contribution is -0.145. The first-order valence-electron chi connectivity index (χ1n) is 14.1. The molecule has 9 nitrogen and oxygen atoms in total. The molecule has 2 saturated heterocycles. The Balaban J connectivity index is 1.16. The van der Waals surface area contributed by atoms with Gasteiger partial charge >= 0.3 is 0 Å². The van der Waals surface area contributed by atoms with Gasteiger partial charge in [0, 0.05) is 63.8 Å². The first kappa shape index (κ1) is 26.6. The number of amides is 2. The molecule has 204 valence electrons. The van der Waals surface area contributed by atoms with Crippen molar-refractivity contribution in [2.45, 2.75) is 32.6 Å². The second-order valence-corrected chi connectivity index (χ2v) is 10.7. The highest BCUT2D eigenvalue weighted by Gasteiger charge is 2.32. The van der Waals surface area contributed by atoms with E-state index in [4.69, 9.17) is 4.74 Å². The van der Waals surface area contributed by atoms with Crippen LogP contribution in [0.1, 0.15) is 31.2 Å². The molecule has 38 heavy (non-hydrogen) atoms. The normalized spacial score (nSPS) is 19.1. The number of carbonyl (C=O) groups is 2. The zero-order valence-corrected chi connectivity index (χ0v) is 22.6. The fraction of sp³-hybridized carbons (Fsp3) is 0.586. The minimum Gasteiger partial charge on any atom is -0.379 e. The van der Waals surface area contributed by atoms with Gasteiger partial charge in [-0.2, -0.15) is 0 Å². The molecule has 3 fully saturated rings. The van der Waals surface area contributed by atoms with Crippen molar-refractivity contribution in [3.8, 4) is 11.3 Å². The van der Waals surface area contributed by atoms with Crippen LogP contribution in [0, 0.1) is 12.8 Å². The summed E-state index contributed by atoms with van der Waals surface area (Å²) in [4.78, 5) is 34.8. The monoisotopic (exact) mass is 520 g/mol. The maximum absolute atomic E-state index is 13.4. The molecular weight excluding hydrogens is 480 g/mol. The van der Waals surface area contributed by atoms with Gasteiger partial charge < -0.3 is 19.4 Å². The van der Waals surface area contributed by atoms with E-state index >= 15 is 0 Å². The molecule has 0 unspecified atom stereocenters. The average Bonchev–Trinajstić information content (AvgIpc) is 3.18. The van der Waals surface area contributed by atoms with Gasteiger partial charge in [0.25, 0.3) is 0 Å². The summed E-state index contributed by atoms with van der Waals surface area (Å²) in [5.74, 6) is 1.12. The van der Waals surface area contributed by atoms with E-state index in [1.165, 1.54) is 5.56 Å². The van der Waals surface area contributed by atoms with Crippen molar-refractivity contribution < 1.29 is 14.3 Å². The zero-order valence-electron chi connectivity index (χ0n) is 22.6. The Morgan fingerprint density at radius 1 is 0.921 bits per heavy atom. The quantitative estimate of drug-likeness (QED) is 0.529. The van der Waals surface area contributed by atoms with Crippen LogP contribution in [0.5, 0.6) is 0 Å². The summed E-state index contributed by atoms with van der Waals surface area (Å²) in [6.07, 6.45) is 3.86. The van der Waals surface area contributed by atoms with E-state index in [1.54, 1.807) is 0 Å². The second-order valence-electron chi connectivity index (χ2n) is 10.7. The van der Waals surface area contributed by atoms with Crippen molar-refractivity contribution in [3.05, 3.63) is 42.0 Å². The van der Waals surface area contributed by atoms with Gasteiger partial charge in [-0.15, -0.1) is 10.2 Å². The van der Waals surface area contributed by atoms with Crippen LogP contribution in [-0.4, -0.2) is 109 Å². The Hall–Kier alpha value is -3.04. The van der Waals surface area contributed by atoms with Crippen molar-refractivity contribution in [3.63, 3.8) is 0 Å². The number of benzene rings is 1. The number of aryl methyl sites for hydroxylation is 1. The van der Waals surface area contributed by atoms with Crippen LogP contribution < -0.4 is 4.90 Å². The Labute approximate surface area is 225 Å². The number of nitrogens with zero attached hydrogens (tertiary/aromatic N) is 6. The van der Waals surface area contributed by atoms with Gasteiger partial charge in [0.2, 0.25) is 11.8 Å². The van der Waals surface area contributed by atoms with Gasteiger partial charge in [-0.1, -0.05) is 36.2 Å². The fourth-order valence-corrected chi connectivity index (χ4v) is 5.30. The molecule has 0 bridgehead atoms. The molecule has 0 N–H and O–H groups in total. The van der Waals surface area contributed by atoms with E-state index in [1.807, 2.05) is 21.9 Å². The molecule has 2 amide bonds. The Bertz CT molecular complexity index is 1070. The zero-order chi connectivity index (χ0) is 26.3. The van der Waals surface area contributed by atoms with Crippen molar-refractivity contribution in [2.75, 3.05) is 77.0 Å². The molecule has 2 aliphatic heterocycles. The fourth-order valence-electron chi connectivity index (χ4n) is 5.30. The number of carbonyl (C=O) groups excluding carboxylic acids is 2. The molecule has 5 rings (SSSR count). The molecule has 1 aliphatic carbocycles. The number of ether oxygens (including phenoxy) is 1. The number of hydrogen-bond acceptors (Lipinski definition) is 7. The van der Waals surface area contributed by atoms with E-state index in [0.717, 1.165) is 82.2 Å². The largest absolute Gasteiger partial charge is 0.379 e. The highest BCUT2D eigenvalue weighted by molar-refractivity contribution is 5.86. The van der Waals surface area contributed by atoms with Crippen LogP contribution in [-0.2, 0) is 14.3 Å². The number of rotatable bonds is 8. The van der Waals surface area contributed by atoms with Crippen LogP contribution in [0.25, 0.3) is 11.3 Å². The third-order valence-electron chi connectivity index (χ3n) is 8.05. The topological polar surface area (TPSA) is 82.1 Å². The van der Waals surface area contributed by atoms with Gasteiger partial charge in [0.05, 0.1) is 25.5 Å². The molecular formula is C29H40N6O3. The summed E-state index contributed by atoms with van der Waals surface area (Å²) in [6, 6.07) is 12.3. The highest BCUT2D eigenvalue weighted by Crippen LogP contribution is 2.28. The molecule has 1 saturated carbocycles. The highest BCUT2D eigenvalue weighted by atomic mass is 16.5. The van der Waals surface area contributed by atoms with Crippen molar-refractivity contribution in [1.82, 2.24) is 24.9 Å². The van der Waals surface area contributed by atoms with Crippen molar-refractivity contribution >= 4 is 17.6 Å². The van der Waals surface area contributed by atoms with Crippen molar-refractivity contribution in [2.24, 2.45) is 5.92 Å². The molecule has 1 aromatic heterocycles. The van der Waals surface area contributed by atoms with Gasteiger partial charge in [0.15, 0.2) is 5.82 Å². The molecule has 0 radical (unpaired) electrons. The summed E-state index contributed by atoms with van der Waals surface area (Å²) >= 11 is 0. The standard InChI is InChI=1S/C29H40N6O3/c1-23-6-8-24(9-7-23)26-10-11-27(31-30-26)33-12-3-13-34(17-16-33)28(36)22-35(29(37)25-4-2-5-25)15-14-32-18-20-38-21-19-32/h6-11,25H,2-5,12-22H2,1H3. The first-order valence-corrected chi connectivity index (χ1v) is 14.1. The smallest absolute Gasteiger partial charge is 0.242 e. The number of hydrogen-bond donors (Lipinski definition) is 0. The van der Waals surface area contributed by atoms with Crippen LogP contribution in [0.2, 0.25) is 0 Å². The molecule has 3 heterocycles. The van der Waals surface area contributed by atoms with E-state index in [9.17, 15) is 9.59 Å². The summed E-state index contributed by atoms with van der Waals surface area (Å²) in [5.41, 5.74) is 3.13. The minimum atomic E-state index is 0.0438. The Kier molecular flexibility index (Phi) is 8.86. The van der Waals surface area contributed by atoms with Gasteiger partial charge in [0.1, 0.15) is 0 Å². The number of morpholine rings is 1. The SMILES string of the molecule is Cc1ccc(-c2ccc(N3CCCN(C(=O)CN(CCN4CCOCC4)C(=O)C4CCC4)CC3)nn2)cc1. The molecule has 1 aromatic carbocycles. The number of anilines is 1. The third kappa shape index (κ3) is 6.69. The Morgan fingerprint density at radius 2 is 1.71 bits per heavy atom. The van der Waals surface area contributed by atoms with E-state index in [-0.39, 0.29) is 24.3 Å². The van der Waals surface area contributed by atoms with Crippen LogP contribution in [0.4, 0.5) is 5.82 Å². The molecule has 3 aliphatic rings. The average molecular weight is 521 g/mol. The predicted octanol–water partition coefficient (Wildman–Crippen LogP) is 2.45. The van der Waals surface area contributed by atoms with Gasteiger partial charge in [-0.3, -0.25) is 14.5 Å². The van der Waals surface area contributed by atoms with Crippen LogP contribution >= 0.6 is 0 Å². The third-order valence-corrected chi connectivity index (χ3v) is 8.05. The molecule has 9 heteroatoms. The number of aromatic nitrogens is 2. The van der Waals surface area contributed by atoms with Crippen LogP contribution in [0.15, 0.2) is 36.4 Å². The van der Waals surface area contributed by atoms with E-state index < -0.39 is 0 Å². The lowest BCUT2D eigenvalue weighted by atomic mass is 9.84. The minimum absolute atomic E-state index is 0.0438. The lowest BCUT2D eigenvalue weighted by Gasteiger charge is -2.35. The molecule has 2 aromatic rings. The molecule has 0 spiro atoms. The Morgan fingerprint density at radius 3 is 2.39 bits per heavy atom. The summed E-state index contributed by atoms with van der Waals surface area (Å²) in [5, 5.41) is 8.95. The summed E-state index contributed by atoms with van der Waals surface area (Å²) < 4.78 is 5.45. The summed E-state index contributed by atoms with van der Waals surface area (Å²) in [7, 11) is 0. The predicted molar refractivity (Wildman–Crippen MR) is 147 cm³/mol. The molecule has 0 atom stereocenters. The second kappa shape index (κ2) is 12.7. The van der Waals surface area contributed by atoms with Gasteiger partial charge in [-0.25, -0.2) is 0 Å². The van der Waals surface area contributed by atoms with Crippen LogP contribution in [0.3, 0.4) is 0 Å². The van der Waals surface area contributed by atoms with E-state index in [2.05, 4.69) is 51.2 Å². The lowest BCUT2D eigenvalue weighted by Crippen LogP contribution is -2.50. The maximum Gasteiger partial charge on any atom is 0.242 e. The first-order chi connectivity index (χ1) is 18.6. The van der Waals surface area contributed by atoms with Crippen molar-refractivity contribution in [1.29, 1.82) is 0 Å².